The molecule has 0 unspecified atom stereocenters. The Morgan fingerprint density at radius 1 is 0.833 bits per heavy atom. The maximum Gasteiger partial charge on any atom is 0.220 e. The number of hydrogen-bond acceptors (Lipinski definition) is 5. The van der Waals surface area contributed by atoms with E-state index in [2.05, 4.69) is 35.9 Å². The summed E-state index contributed by atoms with van der Waals surface area (Å²) < 4.78 is 0. The SMILES string of the molecule is O=C(CCS)CCCCNCCNC(=O)CCS. The molecule has 18 heavy (non-hydrogen) atoms. The van der Waals surface area contributed by atoms with Gasteiger partial charge in [-0.15, -0.1) is 0 Å². The van der Waals surface area contributed by atoms with E-state index in [0.717, 1.165) is 25.9 Å². The molecule has 106 valence electrons. The molecule has 0 spiro atoms. The quantitative estimate of drug-likeness (QED) is 0.321. The van der Waals surface area contributed by atoms with Crippen molar-refractivity contribution < 1.29 is 9.59 Å². The highest BCUT2D eigenvalue weighted by Crippen LogP contribution is 1.99. The number of Topliss-reactive ketones (excluding diaryl/α,β-unsaturated/α-hetero) is 1. The molecule has 0 aromatic carbocycles. The Hall–Kier alpha value is -0.200. The third-order valence-electron chi connectivity index (χ3n) is 2.41. The Morgan fingerprint density at radius 2 is 1.56 bits per heavy atom. The molecule has 0 fully saturated rings. The minimum absolute atomic E-state index is 0.0455. The molecule has 4 nitrogen and oxygen atoms in total. The van der Waals surface area contributed by atoms with Crippen LogP contribution in [0.2, 0.25) is 0 Å². The van der Waals surface area contributed by atoms with Crippen molar-refractivity contribution in [2.24, 2.45) is 0 Å². The number of carbonyl (C=O) groups excluding carboxylic acids is 2. The molecule has 2 N–H and O–H groups in total. The molecule has 0 saturated heterocycles. The van der Waals surface area contributed by atoms with Crippen molar-refractivity contribution in [2.45, 2.75) is 32.1 Å². The van der Waals surface area contributed by atoms with Gasteiger partial charge in [-0.1, -0.05) is 0 Å². The van der Waals surface area contributed by atoms with E-state index in [1.807, 2.05) is 0 Å². The van der Waals surface area contributed by atoms with Crippen molar-refractivity contribution in [3.63, 3.8) is 0 Å². The van der Waals surface area contributed by atoms with Crippen molar-refractivity contribution in [3.05, 3.63) is 0 Å². The van der Waals surface area contributed by atoms with E-state index in [1.165, 1.54) is 0 Å². The van der Waals surface area contributed by atoms with Gasteiger partial charge in [-0.25, -0.2) is 0 Å². The van der Waals surface area contributed by atoms with Crippen LogP contribution in [0.1, 0.15) is 32.1 Å². The second-order valence-electron chi connectivity index (χ2n) is 4.04. The summed E-state index contributed by atoms with van der Waals surface area (Å²) in [6.45, 7) is 2.30. The lowest BCUT2D eigenvalue weighted by atomic mass is 10.1. The summed E-state index contributed by atoms with van der Waals surface area (Å²) in [4.78, 5) is 22.3. The fraction of sp³-hybridized carbons (Fsp3) is 0.833. The number of nitrogens with one attached hydrogen (secondary N) is 2. The van der Waals surface area contributed by atoms with Gasteiger partial charge in [0.2, 0.25) is 5.91 Å². The molecular weight excluding hydrogens is 268 g/mol. The number of ketones is 1. The summed E-state index contributed by atoms with van der Waals surface area (Å²) in [5.41, 5.74) is 0. The smallest absolute Gasteiger partial charge is 0.220 e. The summed E-state index contributed by atoms with van der Waals surface area (Å²) >= 11 is 8.01. The van der Waals surface area contributed by atoms with Crippen LogP contribution in [0.4, 0.5) is 0 Å². The average molecular weight is 292 g/mol. The second kappa shape index (κ2) is 13.2. The standard InChI is InChI=1S/C12H24N2O2S2/c15-11(4-9-17)3-1-2-6-13-7-8-14-12(16)5-10-18/h13,17-18H,1-10H2,(H,14,16). The maximum atomic E-state index is 11.2. The number of carbonyl (C=O) groups is 2. The first-order chi connectivity index (χ1) is 8.70. The van der Waals surface area contributed by atoms with Gasteiger partial charge >= 0.3 is 0 Å². The van der Waals surface area contributed by atoms with Crippen molar-refractivity contribution >= 4 is 36.9 Å². The summed E-state index contributed by atoms with van der Waals surface area (Å²) in [6.07, 6.45) is 3.61. The van der Waals surface area contributed by atoms with E-state index in [9.17, 15) is 9.59 Å². The Balaban J connectivity index is 3.16. The first kappa shape index (κ1) is 17.8. The van der Waals surface area contributed by atoms with E-state index >= 15 is 0 Å². The summed E-state index contributed by atoms with van der Waals surface area (Å²) in [6, 6.07) is 0. The van der Waals surface area contributed by atoms with Crippen molar-refractivity contribution in [2.75, 3.05) is 31.1 Å². The first-order valence-corrected chi connectivity index (χ1v) is 7.68. The van der Waals surface area contributed by atoms with Crippen LogP contribution in [-0.4, -0.2) is 42.8 Å². The van der Waals surface area contributed by atoms with Crippen LogP contribution in [0.3, 0.4) is 0 Å². The second-order valence-corrected chi connectivity index (χ2v) is 4.94. The Labute approximate surface area is 120 Å². The zero-order chi connectivity index (χ0) is 13.6. The van der Waals surface area contributed by atoms with Crippen LogP contribution < -0.4 is 10.6 Å². The minimum atomic E-state index is 0.0455. The van der Waals surface area contributed by atoms with Crippen LogP contribution in [0.25, 0.3) is 0 Å². The Kier molecular flexibility index (Phi) is 13.1. The van der Waals surface area contributed by atoms with E-state index in [0.29, 0.717) is 43.1 Å². The molecule has 0 aromatic heterocycles. The third-order valence-corrected chi connectivity index (χ3v) is 2.86. The molecule has 0 heterocycles. The van der Waals surface area contributed by atoms with Crippen LogP contribution >= 0.6 is 25.3 Å². The molecule has 0 aliphatic heterocycles. The zero-order valence-corrected chi connectivity index (χ0v) is 12.6. The van der Waals surface area contributed by atoms with Crippen LogP contribution in [0, 0.1) is 0 Å². The van der Waals surface area contributed by atoms with Crippen molar-refractivity contribution in [3.8, 4) is 0 Å². The molecule has 0 aliphatic carbocycles. The molecule has 6 heteroatoms. The predicted octanol–water partition coefficient (Wildman–Crippen LogP) is 1.07. The molecule has 0 aliphatic rings. The molecule has 0 saturated carbocycles. The van der Waals surface area contributed by atoms with Gasteiger partial charge in [-0.05, 0) is 30.9 Å². The van der Waals surface area contributed by atoms with E-state index < -0.39 is 0 Å². The third kappa shape index (κ3) is 12.3. The van der Waals surface area contributed by atoms with Gasteiger partial charge in [-0.2, -0.15) is 25.3 Å². The maximum absolute atomic E-state index is 11.2. The summed E-state index contributed by atoms with van der Waals surface area (Å²) in [5, 5.41) is 6.02. The van der Waals surface area contributed by atoms with Crippen LogP contribution in [0.15, 0.2) is 0 Å². The fourth-order valence-electron chi connectivity index (χ4n) is 1.43. The lowest BCUT2D eigenvalue weighted by Crippen LogP contribution is -2.32. The number of hydrogen-bond donors (Lipinski definition) is 4. The summed E-state index contributed by atoms with van der Waals surface area (Å²) in [5.74, 6) is 1.57. The molecule has 0 rings (SSSR count). The highest BCUT2D eigenvalue weighted by Gasteiger charge is 2.00. The van der Waals surface area contributed by atoms with E-state index in [-0.39, 0.29) is 5.91 Å². The topological polar surface area (TPSA) is 58.2 Å². The van der Waals surface area contributed by atoms with Gasteiger partial charge in [0.25, 0.3) is 0 Å². The monoisotopic (exact) mass is 292 g/mol. The van der Waals surface area contributed by atoms with Gasteiger partial charge in [0, 0.05) is 32.4 Å². The Bertz CT molecular complexity index is 214. The van der Waals surface area contributed by atoms with E-state index in [4.69, 9.17) is 0 Å². The van der Waals surface area contributed by atoms with Crippen molar-refractivity contribution in [1.29, 1.82) is 0 Å². The van der Waals surface area contributed by atoms with Gasteiger partial charge < -0.3 is 10.6 Å². The van der Waals surface area contributed by atoms with Gasteiger partial charge in [0.15, 0.2) is 0 Å². The predicted molar refractivity (Wildman–Crippen MR) is 81.7 cm³/mol. The van der Waals surface area contributed by atoms with Gasteiger partial charge in [0.05, 0.1) is 0 Å². The molecule has 1 amide bonds. The fourth-order valence-corrected chi connectivity index (χ4v) is 1.88. The van der Waals surface area contributed by atoms with E-state index in [1.54, 1.807) is 0 Å². The molecule has 0 radical (unpaired) electrons. The first-order valence-electron chi connectivity index (χ1n) is 6.41. The van der Waals surface area contributed by atoms with Crippen LogP contribution in [-0.2, 0) is 9.59 Å². The van der Waals surface area contributed by atoms with Gasteiger partial charge in [0.1, 0.15) is 5.78 Å². The normalized spacial score (nSPS) is 10.3. The highest BCUT2D eigenvalue weighted by molar-refractivity contribution is 7.80. The Morgan fingerprint density at radius 3 is 2.22 bits per heavy atom. The number of thiol groups is 2. The lowest BCUT2D eigenvalue weighted by molar-refractivity contribution is -0.120. The number of unbranched alkanes of at least 4 members (excludes halogenated alkanes) is 1. The number of amides is 1. The molecule has 0 bridgehead atoms. The minimum Gasteiger partial charge on any atom is -0.355 e. The van der Waals surface area contributed by atoms with Crippen LogP contribution in [0.5, 0.6) is 0 Å². The number of rotatable bonds is 12. The molecule has 0 atom stereocenters. The summed E-state index contributed by atoms with van der Waals surface area (Å²) in [7, 11) is 0. The largest absolute Gasteiger partial charge is 0.355 e. The molecular formula is C12H24N2O2S2. The zero-order valence-electron chi connectivity index (χ0n) is 10.8. The molecule has 0 aromatic rings. The lowest BCUT2D eigenvalue weighted by Gasteiger charge is -2.06. The highest BCUT2D eigenvalue weighted by atomic mass is 32.1. The van der Waals surface area contributed by atoms with Gasteiger partial charge in [-0.3, -0.25) is 9.59 Å². The average Bonchev–Trinajstić information content (AvgIpc) is 2.33. The van der Waals surface area contributed by atoms with Crippen molar-refractivity contribution in [1.82, 2.24) is 10.6 Å².